The number of hydrogen-bond acceptors (Lipinski definition) is 5. The van der Waals surface area contributed by atoms with Crippen LogP contribution in [0.2, 0.25) is 0 Å². The van der Waals surface area contributed by atoms with Crippen molar-refractivity contribution in [2.24, 2.45) is 0 Å². The van der Waals surface area contributed by atoms with Gasteiger partial charge in [-0.05, 0) is 31.0 Å². The molecule has 1 aromatic carbocycles. The monoisotopic (exact) mass is 288 g/mol. The Balaban J connectivity index is 2.11. The zero-order valence-electron chi connectivity index (χ0n) is 12.0. The number of hydrazine groups is 1. The van der Waals surface area contributed by atoms with Crippen LogP contribution in [0.5, 0.6) is 6.01 Å². The minimum absolute atomic E-state index is 0.0185. The third-order valence-corrected chi connectivity index (χ3v) is 2.76. The van der Waals surface area contributed by atoms with Gasteiger partial charge in [0.25, 0.3) is 0 Å². The molecule has 0 bridgehead atoms. The minimum atomic E-state index is -0.571. The van der Waals surface area contributed by atoms with E-state index in [0.717, 1.165) is 23.0 Å². The van der Waals surface area contributed by atoms with Crippen molar-refractivity contribution in [1.29, 1.82) is 0 Å². The lowest BCUT2D eigenvalue weighted by atomic mass is 10.1. The van der Waals surface area contributed by atoms with Crippen molar-refractivity contribution in [2.75, 3.05) is 17.5 Å². The van der Waals surface area contributed by atoms with Crippen LogP contribution in [0.15, 0.2) is 37.1 Å². The van der Waals surface area contributed by atoms with Gasteiger partial charge in [0, 0.05) is 0 Å². The highest BCUT2D eigenvalue weighted by Gasteiger charge is 2.08. The van der Waals surface area contributed by atoms with E-state index in [9.17, 15) is 4.39 Å². The van der Waals surface area contributed by atoms with E-state index in [1.165, 1.54) is 0 Å². The molecule has 1 heterocycles. The fourth-order valence-electron chi connectivity index (χ4n) is 1.64. The van der Waals surface area contributed by atoms with Crippen LogP contribution in [0, 0.1) is 19.7 Å². The van der Waals surface area contributed by atoms with Crippen LogP contribution >= 0.6 is 0 Å². The molecule has 0 amide bonds. The summed E-state index contributed by atoms with van der Waals surface area (Å²) in [5, 5.41) is 0. The first-order valence-electron chi connectivity index (χ1n) is 6.45. The molecule has 0 spiro atoms. The molecule has 0 unspecified atom stereocenters. The summed E-state index contributed by atoms with van der Waals surface area (Å²) in [6, 6.07) is 6.03. The maximum atomic E-state index is 13.7. The lowest BCUT2D eigenvalue weighted by Gasteiger charge is -2.13. The van der Waals surface area contributed by atoms with Gasteiger partial charge in [-0.15, -0.1) is 0 Å². The molecule has 0 aliphatic rings. The van der Waals surface area contributed by atoms with E-state index in [4.69, 9.17) is 4.74 Å². The van der Waals surface area contributed by atoms with Gasteiger partial charge < -0.3 is 4.74 Å². The topological polar surface area (TPSA) is 59.1 Å². The van der Waals surface area contributed by atoms with Crippen molar-refractivity contribution in [3.05, 3.63) is 54.0 Å². The zero-order chi connectivity index (χ0) is 15.2. The van der Waals surface area contributed by atoms with E-state index in [-0.39, 0.29) is 18.4 Å². The van der Waals surface area contributed by atoms with Crippen molar-refractivity contribution in [2.45, 2.75) is 13.8 Å². The molecule has 21 heavy (non-hydrogen) atoms. The van der Waals surface area contributed by atoms with Crippen LogP contribution < -0.4 is 15.6 Å². The molecule has 2 aromatic rings. The third kappa shape index (κ3) is 3.92. The van der Waals surface area contributed by atoms with Crippen LogP contribution in [-0.2, 0) is 0 Å². The molecule has 0 saturated heterocycles. The number of hydrogen-bond donors (Lipinski definition) is 2. The molecule has 0 aliphatic carbocycles. The maximum Gasteiger partial charge on any atom is 0.318 e. The summed E-state index contributed by atoms with van der Waals surface area (Å²) in [6.45, 7) is 7.73. The maximum absolute atomic E-state index is 13.7. The molecule has 6 heteroatoms. The second-order valence-electron chi connectivity index (χ2n) is 4.52. The average Bonchev–Trinajstić information content (AvgIpc) is 2.48. The fourth-order valence-corrected chi connectivity index (χ4v) is 1.64. The smallest absolute Gasteiger partial charge is 0.318 e. The lowest BCUT2D eigenvalue weighted by molar-refractivity contribution is 0.332. The van der Waals surface area contributed by atoms with Crippen LogP contribution in [0.4, 0.5) is 15.9 Å². The molecule has 2 N–H and O–H groups in total. The van der Waals surface area contributed by atoms with E-state index in [1.807, 2.05) is 32.0 Å². The Morgan fingerprint density at radius 3 is 2.90 bits per heavy atom. The normalized spacial score (nSPS) is 10.0. The number of nitrogens with one attached hydrogen (secondary N) is 2. The zero-order valence-corrected chi connectivity index (χ0v) is 12.0. The van der Waals surface area contributed by atoms with Gasteiger partial charge in [0.05, 0.1) is 11.9 Å². The Hall–Kier alpha value is -2.63. The first kappa shape index (κ1) is 14.8. The fraction of sp³-hybridized carbons (Fsp3) is 0.200. The standard InChI is InChI=1S/C15H17FN4O/c1-4-7-21-15-17-9-12(16)14(18-15)20-19-13-8-10(2)5-6-11(13)3/h4-6,8-9,19H,1,7H2,2-3H3,(H,17,18,20). The highest BCUT2D eigenvalue weighted by molar-refractivity contribution is 5.56. The Morgan fingerprint density at radius 1 is 1.33 bits per heavy atom. The quantitative estimate of drug-likeness (QED) is 0.631. The summed E-state index contributed by atoms with van der Waals surface area (Å²) in [5.74, 6) is -0.552. The van der Waals surface area contributed by atoms with Gasteiger partial charge in [-0.3, -0.25) is 10.9 Å². The summed E-state index contributed by atoms with van der Waals surface area (Å²) < 4.78 is 18.8. The predicted molar refractivity (Wildman–Crippen MR) is 80.8 cm³/mol. The van der Waals surface area contributed by atoms with Gasteiger partial charge in [-0.25, -0.2) is 9.37 Å². The van der Waals surface area contributed by atoms with Gasteiger partial charge in [0.1, 0.15) is 6.61 Å². The van der Waals surface area contributed by atoms with Crippen LogP contribution in [0.3, 0.4) is 0 Å². The number of ether oxygens (including phenoxy) is 1. The second-order valence-corrected chi connectivity index (χ2v) is 4.52. The van der Waals surface area contributed by atoms with Gasteiger partial charge in [0.2, 0.25) is 0 Å². The number of anilines is 2. The Bertz CT molecular complexity index is 646. The first-order valence-corrected chi connectivity index (χ1v) is 6.45. The van der Waals surface area contributed by atoms with Crippen molar-refractivity contribution >= 4 is 11.5 Å². The summed E-state index contributed by atoms with van der Waals surface area (Å²) in [5.41, 5.74) is 8.65. The Morgan fingerprint density at radius 2 is 2.14 bits per heavy atom. The largest absolute Gasteiger partial charge is 0.459 e. The first-order chi connectivity index (χ1) is 10.1. The van der Waals surface area contributed by atoms with E-state index < -0.39 is 5.82 Å². The van der Waals surface area contributed by atoms with Crippen molar-refractivity contribution in [1.82, 2.24) is 9.97 Å². The van der Waals surface area contributed by atoms with Crippen molar-refractivity contribution < 1.29 is 9.13 Å². The lowest BCUT2D eigenvalue weighted by Crippen LogP contribution is -2.13. The number of nitrogens with zero attached hydrogens (tertiary/aromatic N) is 2. The Labute approximate surface area is 122 Å². The van der Waals surface area contributed by atoms with Gasteiger partial charge >= 0.3 is 6.01 Å². The molecule has 0 radical (unpaired) electrons. The molecule has 1 aromatic heterocycles. The van der Waals surface area contributed by atoms with Gasteiger partial charge in [0.15, 0.2) is 11.6 Å². The average molecular weight is 288 g/mol. The highest BCUT2D eigenvalue weighted by atomic mass is 19.1. The molecular weight excluding hydrogens is 271 g/mol. The van der Waals surface area contributed by atoms with Crippen LogP contribution in [0.1, 0.15) is 11.1 Å². The minimum Gasteiger partial charge on any atom is -0.459 e. The number of aryl methyl sites for hydroxylation is 2. The van der Waals surface area contributed by atoms with Crippen molar-refractivity contribution in [3.8, 4) is 6.01 Å². The Kier molecular flexibility index (Phi) is 4.71. The molecule has 0 aliphatic heterocycles. The predicted octanol–water partition coefficient (Wildman–Crippen LogP) is 3.24. The molecule has 0 saturated carbocycles. The van der Waals surface area contributed by atoms with Gasteiger partial charge in [-0.2, -0.15) is 4.98 Å². The summed E-state index contributed by atoms with van der Waals surface area (Å²) in [6.07, 6.45) is 2.62. The van der Waals surface area contributed by atoms with Crippen LogP contribution in [-0.4, -0.2) is 16.6 Å². The second kappa shape index (κ2) is 6.69. The summed E-state index contributed by atoms with van der Waals surface area (Å²) in [4.78, 5) is 7.69. The van der Waals surface area contributed by atoms with E-state index in [1.54, 1.807) is 6.08 Å². The van der Waals surface area contributed by atoms with E-state index in [0.29, 0.717) is 0 Å². The highest BCUT2D eigenvalue weighted by Crippen LogP contribution is 2.18. The van der Waals surface area contributed by atoms with Crippen LogP contribution in [0.25, 0.3) is 0 Å². The molecule has 110 valence electrons. The van der Waals surface area contributed by atoms with E-state index >= 15 is 0 Å². The number of halogens is 1. The summed E-state index contributed by atoms with van der Waals surface area (Å²) >= 11 is 0. The molecule has 2 rings (SSSR count). The summed E-state index contributed by atoms with van der Waals surface area (Å²) in [7, 11) is 0. The van der Waals surface area contributed by atoms with Gasteiger partial charge in [-0.1, -0.05) is 24.8 Å². The SMILES string of the molecule is C=CCOc1ncc(F)c(NNc2cc(C)ccc2C)n1. The number of benzene rings is 1. The number of rotatable bonds is 6. The molecule has 5 nitrogen and oxygen atoms in total. The molecular formula is C15H17FN4O. The van der Waals surface area contributed by atoms with Crippen molar-refractivity contribution in [3.63, 3.8) is 0 Å². The number of aromatic nitrogens is 2. The van der Waals surface area contributed by atoms with E-state index in [2.05, 4.69) is 27.4 Å². The third-order valence-electron chi connectivity index (χ3n) is 2.76. The molecule has 0 fully saturated rings. The molecule has 0 atom stereocenters.